The Morgan fingerprint density at radius 1 is 1.24 bits per heavy atom. The van der Waals surface area contributed by atoms with Crippen LogP contribution < -0.4 is 15.6 Å². The zero-order valence-corrected chi connectivity index (χ0v) is 20.3. The van der Waals surface area contributed by atoms with Crippen molar-refractivity contribution < 1.29 is 31.9 Å². The predicted molar refractivity (Wildman–Crippen MR) is 128 cm³/mol. The second kappa shape index (κ2) is 8.37. The molecule has 7 nitrogen and oxygen atoms in total. The molecule has 0 radical (unpaired) electrons. The van der Waals surface area contributed by atoms with Crippen molar-refractivity contribution in [3.63, 3.8) is 0 Å². The number of aromatic nitrogens is 2. The van der Waals surface area contributed by atoms with Crippen molar-refractivity contribution in [1.29, 1.82) is 0 Å². The summed E-state index contributed by atoms with van der Waals surface area (Å²) in [5, 5.41) is 11.7. The highest BCUT2D eigenvalue weighted by Gasteiger charge is 2.59. The number of amides is 1. The van der Waals surface area contributed by atoms with E-state index < -0.39 is 63.0 Å². The molecule has 1 aromatic carbocycles. The number of β-amino-alcohol motifs (C(OH)–C–C–N with tert-alkyl or cyclic N) is 1. The summed E-state index contributed by atoms with van der Waals surface area (Å²) in [6.07, 6.45) is -2.63. The molecular formula is C25H20ClF5N4O3. The first-order valence-electron chi connectivity index (χ1n) is 11.9. The van der Waals surface area contributed by atoms with Crippen molar-refractivity contribution in [2.75, 3.05) is 18.0 Å². The average molecular weight is 555 g/mol. The smallest absolute Gasteiger partial charge is 0.388 e. The second-order valence-corrected chi connectivity index (χ2v) is 10.6. The minimum atomic E-state index is -4.73. The summed E-state index contributed by atoms with van der Waals surface area (Å²) in [7, 11) is 0. The molecule has 1 aliphatic heterocycles. The minimum Gasteiger partial charge on any atom is -0.388 e. The molecule has 13 heteroatoms. The van der Waals surface area contributed by atoms with Gasteiger partial charge in [0.05, 0.1) is 16.0 Å². The molecule has 3 atom stereocenters. The Morgan fingerprint density at radius 2 is 1.97 bits per heavy atom. The first kappa shape index (κ1) is 25.1. The van der Waals surface area contributed by atoms with E-state index in [0.717, 1.165) is 16.8 Å². The number of nitrogens with one attached hydrogen (secondary N) is 1. The third kappa shape index (κ3) is 4.19. The lowest BCUT2D eigenvalue weighted by Crippen LogP contribution is -2.48. The number of aliphatic hydroxyl groups is 1. The topological polar surface area (TPSA) is 87.5 Å². The zero-order valence-electron chi connectivity index (χ0n) is 19.5. The van der Waals surface area contributed by atoms with Crippen LogP contribution in [0.2, 0.25) is 5.02 Å². The van der Waals surface area contributed by atoms with E-state index in [1.54, 1.807) is 4.90 Å². The summed E-state index contributed by atoms with van der Waals surface area (Å²) >= 11 is 6.15. The molecule has 3 aliphatic rings. The van der Waals surface area contributed by atoms with Gasteiger partial charge < -0.3 is 15.3 Å². The van der Waals surface area contributed by atoms with Crippen LogP contribution in [0.25, 0.3) is 16.7 Å². The average Bonchev–Trinajstić information content (AvgIpc) is 3.74. The second-order valence-electron chi connectivity index (χ2n) is 10.2. The largest absolute Gasteiger partial charge is 0.408 e. The van der Waals surface area contributed by atoms with Crippen LogP contribution >= 0.6 is 11.6 Å². The molecule has 3 aromatic rings. The SMILES string of the molecule is O=C(NC(C1CC1)C(F)(F)F)c1cn(-c2c(F)cc(F)cc2Cl)c2nc(N3CC4CC4(O)C3)ccc2c1=O. The number of carbonyl (C=O) groups is 1. The van der Waals surface area contributed by atoms with Gasteiger partial charge in [0.15, 0.2) is 11.5 Å². The summed E-state index contributed by atoms with van der Waals surface area (Å²) in [5.41, 5.74) is -2.99. The van der Waals surface area contributed by atoms with Crippen LogP contribution in [-0.2, 0) is 0 Å². The number of pyridine rings is 2. The molecule has 2 aliphatic carbocycles. The highest BCUT2D eigenvalue weighted by molar-refractivity contribution is 6.32. The van der Waals surface area contributed by atoms with E-state index in [1.165, 1.54) is 12.1 Å². The molecule has 1 saturated heterocycles. The highest BCUT2D eigenvalue weighted by atomic mass is 35.5. The first-order chi connectivity index (χ1) is 17.9. The predicted octanol–water partition coefficient (Wildman–Crippen LogP) is 3.96. The Labute approximate surface area is 216 Å². The van der Waals surface area contributed by atoms with Crippen LogP contribution in [0.3, 0.4) is 0 Å². The zero-order chi connectivity index (χ0) is 27.1. The minimum absolute atomic E-state index is 0.0743. The van der Waals surface area contributed by atoms with Crippen molar-refractivity contribution in [3.05, 3.63) is 62.9 Å². The molecule has 3 heterocycles. The van der Waals surface area contributed by atoms with Gasteiger partial charge in [-0.15, -0.1) is 0 Å². The van der Waals surface area contributed by atoms with Crippen molar-refractivity contribution >= 4 is 34.4 Å². The first-order valence-corrected chi connectivity index (χ1v) is 12.3. The maximum atomic E-state index is 15.0. The van der Waals surface area contributed by atoms with E-state index in [1.807, 2.05) is 5.32 Å². The molecule has 0 spiro atoms. The maximum Gasteiger partial charge on any atom is 0.408 e. The van der Waals surface area contributed by atoms with E-state index in [4.69, 9.17) is 11.6 Å². The molecule has 200 valence electrons. The lowest BCUT2D eigenvalue weighted by Gasteiger charge is -2.23. The van der Waals surface area contributed by atoms with Crippen molar-refractivity contribution in [3.8, 4) is 5.69 Å². The summed E-state index contributed by atoms with van der Waals surface area (Å²) in [5.74, 6) is -3.77. The number of anilines is 1. The standard InChI is InChI=1S/C25H20ClF5N4O3/c26-16-5-13(27)6-17(28)19(16)35-9-15(23(37)33-21(11-1-2-11)25(29,30)31)20(36)14-3-4-18(32-22(14)35)34-8-12-7-24(12,38)10-34/h3-6,9,11-12,21,38H,1-2,7-8,10H2,(H,33,37). The van der Waals surface area contributed by atoms with Gasteiger partial charge in [-0.3, -0.25) is 14.2 Å². The normalized spacial score (nSPS) is 23.4. The summed E-state index contributed by atoms with van der Waals surface area (Å²) in [4.78, 5) is 32.5. The van der Waals surface area contributed by atoms with Crippen molar-refractivity contribution in [2.24, 2.45) is 11.8 Å². The van der Waals surface area contributed by atoms with Gasteiger partial charge in [0, 0.05) is 31.3 Å². The van der Waals surface area contributed by atoms with Gasteiger partial charge in [-0.25, -0.2) is 13.8 Å². The number of alkyl halides is 3. The fourth-order valence-corrected chi connectivity index (χ4v) is 5.50. The van der Waals surface area contributed by atoms with E-state index in [-0.39, 0.29) is 29.8 Å². The van der Waals surface area contributed by atoms with Gasteiger partial charge in [-0.1, -0.05) is 11.6 Å². The fraction of sp³-hybridized carbons (Fsp3) is 0.400. The molecule has 1 amide bonds. The molecule has 2 saturated carbocycles. The number of rotatable bonds is 5. The number of hydrogen-bond acceptors (Lipinski definition) is 5. The molecule has 3 fully saturated rings. The molecule has 3 unspecified atom stereocenters. The van der Waals surface area contributed by atoms with E-state index in [0.29, 0.717) is 31.4 Å². The Bertz CT molecular complexity index is 1530. The van der Waals surface area contributed by atoms with Crippen LogP contribution in [0, 0.1) is 23.5 Å². The Hall–Kier alpha value is -3.25. The Kier molecular flexibility index (Phi) is 5.52. The van der Waals surface area contributed by atoms with E-state index in [9.17, 15) is 32.3 Å². The molecular weight excluding hydrogens is 535 g/mol. The summed E-state index contributed by atoms with van der Waals surface area (Å²) in [6.45, 7) is 0.804. The third-order valence-corrected chi connectivity index (χ3v) is 7.75. The third-order valence-electron chi connectivity index (χ3n) is 7.47. The molecule has 2 aromatic heterocycles. The number of fused-ring (bicyclic) bond motifs is 2. The Balaban J connectivity index is 1.50. The number of benzene rings is 1. The number of carbonyl (C=O) groups excluding carboxylic acids is 1. The van der Waals surface area contributed by atoms with E-state index in [2.05, 4.69) is 4.98 Å². The number of halogens is 6. The molecule has 0 bridgehead atoms. The van der Waals surface area contributed by atoms with Crippen molar-refractivity contribution in [2.45, 2.75) is 37.1 Å². The lowest BCUT2D eigenvalue weighted by atomic mass is 10.1. The number of nitrogens with zero attached hydrogens (tertiary/aromatic N) is 3. The van der Waals surface area contributed by atoms with Gasteiger partial charge in [0.25, 0.3) is 5.91 Å². The molecule has 2 N–H and O–H groups in total. The van der Waals surface area contributed by atoms with Gasteiger partial charge in [0.2, 0.25) is 5.43 Å². The van der Waals surface area contributed by atoms with Crippen LogP contribution in [-0.4, -0.2) is 51.5 Å². The number of hydrogen-bond donors (Lipinski definition) is 2. The highest BCUT2D eigenvalue weighted by Crippen LogP contribution is 2.50. The van der Waals surface area contributed by atoms with Crippen LogP contribution in [0.4, 0.5) is 27.8 Å². The van der Waals surface area contributed by atoms with E-state index >= 15 is 4.39 Å². The maximum absolute atomic E-state index is 15.0. The summed E-state index contributed by atoms with van der Waals surface area (Å²) in [6, 6.07) is 2.04. The Morgan fingerprint density at radius 3 is 2.58 bits per heavy atom. The lowest BCUT2D eigenvalue weighted by molar-refractivity contribution is -0.158. The molecule has 6 rings (SSSR count). The van der Waals surface area contributed by atoms with Gasteiger partial charge in [0.1, 0.15) is 28.9 Å². The van der Waals surface area contributed by atoms with Gasteiger partial charge in [-0.2, -0.15) is 13.2 Å². The van der Waals surface area contributed by atoms with Crippen LogP contribution in [0.1, 0.15) is 29.6 Å². The summed E-state index contributed by atoms with van der Waals surface area (Å²) < 4.78 is 70.4. The van der Waals surface area contributed by atoms with Crippen LogP contribution in [0.15, 0.2) is 35.3 Å². The van der Waals surface area contributed by atoms with Gasteiger partial charge in [-0.05, 0) is 43.4 Å². The quantitative estimate of drug-likeness (QED) is 0.466. The van der Waals surface area contributed by atoms with Crippen LogP contribution in [0.5, 0.6) is 0 Å². The monoisotopic (exact) mass is 554 g/mol. The fourth-order valence-electron chi connectivity index (χ4n) is 5.21. The van der Waals surface area contributed by atoms with Gasteiger partial charge >= 0.3 is 6.18 Å². The van der Waals surface area contributed by atoms with Crippen molar-refractivity contribution in [1.82, 2.24) is 14.9 Å². The molecule has 38 heavy (non-hydrogen) atoms. The number of piperidine rings is 1.